The van der Waals surface area contributed by atoms with Crippen LogP contribution < -0.4 is 5.73 Å². The molecule has 0 aliphatic rings. The van der Waals surface area contributed by atoms with Gasteiger partial charge in [-0.15, -0.1) is 0 Å². The van der Waals surface area contributed by atoms with E-state index >= 15 is 0 Å². The van der Waals surface area contributed by atoms with E-state index in [0.717, 1.165) is 12.6 Å². The first-order valence-corrected chi connectivity index (χ1v) is 4.91. The van der Waals surface area contributed by atoms with Crippen molar-refractivity contribution < 1.29 is 9.90 Å². The number of aliphatic carboxylic acids is 1. The molecular weight excluding hydrogens is 178 g/mol. The molecule has 0 aliphatic carbocycles. The summed E-state index contributed by atoms with van der Waals surface area (Å²) in [6.45, 7) is 4.86. The third kappa shape index (κ3) is 22.4. The molecule has 3 heteroatoms. The molecular formula is C11H21NO2. The van der Waals surface area contributed by atoms with E-state index in [4.69, 9.17) is 10.8 Å². The summed E-state index contributed by atoms with van der Waals surface area (Å²) in [7, 11) is 0. The lowest BCUT2D eigenvalue weighted by Crippen LogP contribution is -1.96. The van der Waals surface area contributed by atoms with Crippen molar-refractivity contribution in [3.63, 3.8) is 0 Å². The second-order valence-electron chi connectivity index (χ2n) is 2.72. The van der Waals surface area contributed by atoms with Gasteiger partial charge >= 0.3 is 5.97 Å². The Balaban J connectivity index is 0. The average molecular weight is 199 g/mol. The van der Waals surface area contributed by atoms with Gasteiger partial charge < -0.3 is 10.8 Å². The molecule has 14 heavy (non-hydrogen) atoms. The van der Waals surface area contributed by atoms with Crippen LogP contribution in [0.2, 0.25) is 0 Å². The first-order chi connectivity index (χ1) is 6.68. The lowest BCUT2D eigenvalue weighted by molar-refractivity contribution is -0.131. The lowest BCUT2D eigenvalue weighted by atomic mass is 10.3. The Bertz CT molecular complexity index is 170. The van der Waals surface area contributed by atoms with Gasteiger partial charge in [0, 0.05) is 6.08 Å². The van der Waals surface area contributed by atoms with Crippen molar-refractivity contribution in [2.45, 2.75) is 33.1 Å². The van der Waals surface area contributed by atoms with Crippen LogP contribution in [-0.2, 0) is 4.79 Å². The Morgan fingerprint density at radius 2 is 2.00 bits per heavy atom. The Kier molecular flexibility index (Phi) is 15.9. The SMILES string of the molecule is C/C=C/C=C/C(=O)O.CCCCCN. The summed E-state index contributed by atoms with van der Waals surface area (Å²) in [6.07, 6.45) is 9.74. The summed E-state index contributed by atoms with van der Waals surface area (Å²) in [5, 5.41) is 8.02. The van der Waals surface area contributed by atoms with E-state index in [9.17, 15) is 4.79 Å². The fourth-order valence-corrected chi connectivity index (χ4v) is 0.643. The van der Waals surface area contributed by atoms with Crippen LogP contribution in [-0.4, -0.2) is 17.6 Å². The molecule has 3 N–H and O–H groups in total. The molecule has 0 rings (SSSR count). The zero-order chi connectivity index (χ0) is 11.2. The van der Waals surface area contributed by atoms with Gasteiger partial charge in [0.2, 0.25) is 0 Å². The van der Waals surface area contributed by atoms with Gasteiger partial charge in [-0.2, -0.15) is 0 Å². The maximum Gasteiger partial charge on any atom is 0.328 e. The van der Waals surface area contributed by atoms with Crippen molar-refractivity contribution in [2.24, 2.45) is 5.73 Å². The zero-order valence-corrected chi connectivity index (χ0v) is 9.07. The summed E-state index contributed by atoms with van der Waals surface area (Å²) in [4.78, 5) is 9.75. The van der Waals surface area contributed by atoms with Gasteiger partial charge in [-0.05, 0) is 19.9 Å². The maximum absolute atomic E-state index is 9.75. The summed E-state index contributed by atoms with van der Waals surface area (Å²) in [6, 6.07) is 0. The number of allylic oxidation sites excluding steroid dienone is 3. The van der Waals surface area contributed by atoms with Crippen LogP contribution in [0.4, 0.5) is 0 Å². The quantitative estimate of drug-likeness (QED) is 0.406. The minimum Gasteiger partial charge on any atom is -0.478 e. The number of hydrogen-bond donors (Lipinski definition) is 2. The average Bonchev–Trinajstić information content (AvgIpc) is 2.16. The number of carboxylic acid groups (broad SMARTS) is 1. The summed E-state index contributed by atoms with van der Waals surface area (Å²) < 4.78 is 0. The van der Waals surface area contributed by atoms with E-state index in [2.05, 4.69) is 6.92 Å². The van der Waals surface area contributed by atoms with Crippen molar-refractivity contribution in [1.29, 1.82) is 0 Å². The molecule has 0 aromatic rings. The third-order valence-corrected chi connectivity index (χ3v) is 1.35. The van der Waals surface area contributed by atoms with Crippen LogP contribution in [0.15, 0.2) is 24.3 Å². The van der Waals surface area contributed by atoms with Gasteiger partial charge in [0.15, 0.2) is 0 Å². The Labute approximate surface area is 86.3 Å². The topological polar surface area (TPSA) is 63.3 Å². The predicted octanol–water partition coefficient (Wildman–Crippen LogP) is 2.34. The Morgan fingerprint density at radius 3 is 2.29 bits per heavy atom. The highest BCUT2D eigenvalue weighted by atomic mass is 16.4. The number of unbranched alkanes of at least 4 members (excludes halogenated alkanes) is 2. The molecule has 0 fully saturated rings. The molecule has 0 atom stereocenters. The highest BCUT2D eigenvalue weighted by Crippen LogP contribution is 1.88. The number of nitrogens with two attached hydrogens (primary N) is 1. The molecule has 0 heterocycles. The van der Waals surface area contributed by atoms with Crippen molar-refractivity contribution in [3.05, 3.63) is 24.3 Å². The van der Waals surface area contributed by atoms with Crippen LogP contribution in [0, 0.1) is 0 Å². The fourth-order valence-electron chi connectivity index (χ4n) is 0.643. The van der Waals surface area contributed by atoms with Crippen molar-refractivity contribution >= 4 is 5.97 Å². The van der Waals surface area contributed by atoms with Crippen molar-refractivity contribution in [2.75, 3.05) is 6.54 Å². The van der Waals surface area contributed by atoms with Crippen LogP contribution in [0.3, 0.4) is 0 Å². The second kappa shape index (κ2) is 14.4. The smallest absolute Gasteiger partial charge is 0.328 e. The molecule has 0 saturated heterocycles. The van der Waals surface area contributed by atoms with Crippen molar-refractivity contribution in [3.8, 4) is 0 Å². The maximum atomic E-state index is 9.75. The molecule has 0 amide bonds. The fraction of sp³-hybridized carbons (Fsp3) is 0.545. The van der Waals surface area contributed by atoms with Crippen LogP contribution in [0.25, 0.3) is 0 Å². The molecule has 0 bridgehead atoms. The first-order valence-electron chi connectivity index (χ1n) is 4.91. The second-order valence-corrected chi connectivity index (χ2v) is 2.72. The van der Waals surface area contributed by atoms with E-state index in [1.807, 2.05) is 6.92 Å². The number of rotatable bonds is 5. The van der Waals surface area contributed by atoms with Gasteiger partial charge in [-0.25, -0.2) is 4.79 Å². The molecule has 0 aromatic carbocycles. The van der Waals surface area contributed by atoms with E-state index in [1.165, 1.54) is 25.3 Å². The van der Waals surface area contributed by atoms with Crippen molar-refractivity contribution in [1.82, 2.24) is 0 Å². The van der Waals surface area contributed by atoms with Gasteiger partial charge in [0.05, 0.1) is 0 Å². The van der Waals surface area contributed by atoms with Crippen LogP contribution in [0.5, 0.6) is 0 Å². The normalized spacial score (nSPS) is 10.2. The Hall–Kier alpha value is -1.09. The molecule has 0 saturated carbocycles. The van der Waals surface area contributed by atoms with Gasteiger partial charge in [0.1, 0.15) is 0 Å². The molecule has 3 nitrogen and oxygen atoms in total. The van der Waals surface area contributed by atoms with Gasteiger partial charge in [-0.3, -0.25) is 0 Å². The number of carboxylic acids is 1. The highest BCUT2D eigenvalue weighted by Gasteiger charge is 1.78. The molecule has 82 valence electrons. The standard InChI is InChI=1S/C6H8O2.C5H13N/c1-2-3-4-5-6(7)8;1-2-3-4-5-6/h2-5H,1H3,(H,7,8);2-6H2,1H3/b3-2+,5-4+;. The lowest BCUT2D eigenvalue weighted by Gasteiger charge is -1.86. The van der Waals surface area contributed by atoms with E-state index in [1.54, 1.807) is 12.2 Å². The minimum absolute atomic E-state index is 0.855. The first kappa shape index (κ1) is 15.4. The Morgan fingerprint density at radius 1 is 1.36 bits per heavy atom. The van der Waals surface area contributed by atoms with E-state index in [0.29, 0.717) is 0 Å². The molecule has 0 aromatic heterocycles. The molecule has 0 radical (unpaired) electrons. The minimum atomic E-state index is -0.914. The zero-order valence-electron chi connectivity index (χ0n) is 9.07. The predicted molar refractivity (Wildman–Crippen MR) is 60.2 cm³/mol. The van der Waals surface area contributed by atoms with Crippen LogP contribution in [0.1, 0.15) is 33.1 Å². The van der Waals surface area contributed by atoms with Gasteiger partial charge in [0.25, 0.3) is 0 Å². The van der Waals surface area contributed by atoms with E-state index in [-0.39, 0.29) is 0 Å². The largest absolute Gasteiger partial charge is 0.478 e. The summed E-state index contributed by atoms with van der Waals surface area (Å²) >= 11 is 0. The summed E-state index contributed by atoms with van der Waals surface area (Å²) in [5.41, 5.74) is 5.21. The number of carbonyl (C=O) groups is 1. The highest BCUT2D eigenvalue weighted by molar-refractivity contribution is 5.80. The number of hydrogen-bond acceptors (Lipinski definition) is 2. The monoisotopic (exact) mass is 199 g/mol. The molecule has 0 spiro atoms. The van der Waals surface area contributed by atoms with E-state index < -0.39 is 5.97 Å². The molecule has 0 aliphatic heterocycles. The summed E-state index contributed by atoms with van der Waals surface area (Å²) in [5.74, 6) is -0.914. The third-order valence-electron chi connectivity index (χ3n) is 1.35. The molecule has 0 unspecified atom stereocenters. The van der Waals surface area contributed by atoms with Crippen LogP contribution >= 0.6 is 0 Å². The van der Waals surface area contributed by atoms with Gasteiger partial charge in [-0.1, -0.05) is 38.0 Å².